The lowest BCUT2D eigenvalue weighted by molar-refractivity contribution is -0.366. The summed E-state index contributed by atoms with van der Waals surface area (Å²) in [4.78, 5) is 77.2. The van der Waals surface area contributed by atoms with Crippen molar-refractivity contribution >= 4 is 35.5 Å². The zero-order valence-corrected chi connectivity index (χ0v) is 59.8. The maximum atomic E-state index is 13.2. The minimum atomic E-state index is -1.97. The summed E-state index contributed by atoms with van der Waals surface area (Å²) in [6.07, 6.45) is -48.6. The predicted molar refractivity (Wildman–Crippen MR) is 355 cm³/mol. The van der Waals surface area contributed by atoms with Crippen LogP contribution in [0.5, 0.6) is 0 Å². The summed E-state index contributed by atoms with van der Waals surface area (Å²) >= 11 is 0. The number of carbonyl (C=O) groups is 6. The molecule has 109 heavy (non-hydrogen) atoms. The molecule has 0 radical (unpaired) electrons. The number of amides is 5. The van der Waals surface area contributed by atoms with E-state index in [2.05, 4.69) is 26.6 Å². The minimum absolute atomic E-state index is 0.0188. The van der Waals surface area contributed by atoms with Gasteiger partial charge in [-0.15, -0.1) is 0 Å². The van der Waals surface area contributed by atoms with Crippen LogP contribution < -0.4 is 26.6 Å². The number of nitrogens with one attached hydrogen (secondary N) is 5. The summed E-state index contributed by atoms with van der Waals surface area (Å²) in [6, 6.07) is 0. The standard InChI is InChI=1S/C64H112N6O39/c71-23-29-41(82)47(88)51(92)59(102-29)100-27-33-45(86)57(108-63-53(94)49(90)43(84)31(25-73)104-63)55(96)61(106-33)98-18-16-68-35(75)10-4-1-7-13-65-37(77)20-70(22-39(79)67-15-9-3-6-12-40(80)81)21-38(78)66-14-8-2-5-11-36(76)69-17-19-99-62-56(97)58(109-64-54(95)50(91)44(85)32(26-74)105-64)46(87)34(107-62)28-101-60-52(93)48(89)42(83)30(24-72)103-60/h29-34,41-64,71-74,82-97H,1-28H2,(H,65,77)(H,66,78)(H,67,79)(H,68,75)(H,69,76)(H,80,81). The van der Waals surface area contributed by atoms with Gasteiger partial charge in [-0.1, -0.05) is 19.3 Å². The summed E-state index contributed by atoms with van der Waals surface area (Å²) in [5, 5.41) is 231. The van der Waals surface area contributed by atoms with Crippen molar-refractivity contribution in [3.63, 3.8) is 0 Å². The molecule has 6 rings (SSSR count). The van der Waals surface area contributed by atoms with Crippen molar-refractivity contribution in [1.29, 1.82) is 0 Å². The third-order valence-corrected chi connectivity index (χ3v) is 18.8. The fourth-order valence-electron chi connectivity index (χ4n) is 12.4. The predicted octanol–water partition coefficient (Wildman–Crippen LogP) is -14.4. The van der Waals surface area contributed by atoms with Gasteiger partial charge in [-0.2, -0.15) is 0 Å². The Morgan fingerprint density at radius 2 is 0.560 bits per heavy atom. The molecule has 45 heteroatoms. The van der Waals surface area contributed by atoms with Crippen LogP contribution in [-0.2, 0) is 85.6 Å². The number of nitrogens with zero attached hydrogens (tertiary/aromatic N) is 1. The van der Waals surface area contributed by atoms with Crippen LogP contribution in [0.2, 0.25) is 0 Å². The highest BCUT2D eigenvalue weighted by Crippen LogP contribution is 2.34. The Hall–Kier alpha value is -4.50. The molecule has 6 fully saturated rings. The van der Waals surface area contributed by atoms with E-state index in [4.69, 9.17) is 61.9 Å². The average molecular weight is 1590 g/mol. The maximum absolute atomic E-state index is 13.2. The number of aliphatic carboxylic acids is 1. The van der Waals surface area contributed by atoms with Crippen LogP contribution in [0.1, 0.15) is 77.0 Å². The second-order valence-electron chi connectivity index (χ2n) is 27.2. The van der Waals surface area contributed by atoms with Crippen LogP contribution in [0.3, 0.4) is 0 Å². The molecule has 26 N–H and O–H groups in total. The first kappa shape index (κ1) is 93.4. The summed E-state index contributed by atoms with van der Waals surface area (Å²) in [6.45, 7) is -6.23. The molecule has 6 heterocycles. The lowest BCUT2D eigenvalue weighted by Gasteiger charge is -2.46. The molecular formula is C64H112N6O39. The second kappa shape index (κ2) is 47.4. The molecule has 0 aromatic rings. The monoisotopic (exact) mass is 1590 g/mol. The zero-order valence-electron chi connectivity index (χ0n) is 59.8. The van der Waals surface area contributed by atoms with Gasteiger partial charge >= 0.3 is 5.97 Å². The van der Waals surface area contributed by atoms with E-state index in [1.54, 1.807) is 0 Å². The van der Waals surface area contributed by atoms with Gasteiger partial charge in [-0.05, 0) is 38.5 Å². The fourth-order valence-corrected chi connectivity index (χ4v) is 12.4. The van der Waals surface area contributed by atoms with Gasteiger partial charge in [0.25, 0.3) is 0 Å². The van der Waals surface area contributed by atoms with Crippen LogP contribution in [0, 0.1) is 0 Å². The van der Waals surface area contributed by atoms with Crippen LogP contribution in [-0.4, -0.2) is 437 Å². The number of unbranched alkanes of at least 4 members (excludes halogenated alkanes) is 6. The van der Waals surface area contributed by atoms with Gasteiger partial charge in [0.1, 0.15) is 146 Å². The van der Waals surface area contributed by atoms with E-state index in [1.807, 2.05) is 0 Å². The Morgan fingerprint density at radius 1 is 0.284 bits per heavy atom. The number of carboxylic acid groups (broad SMARTS) is 1. The van der Waals surface area contributed by atoms with E-state index in [0.717, 1.165) is 0 Å². The molecule has 6 aliphatic heterocycles. The van der Waals surface area contributed by atoms with E-state index >= 15 is 0 Å². The molecule has 632 valence electrons. The lowest BCUT2D eigenvalue weighted by atomic mass is 9.96. The maximum Gasteiger partial charge on any atom is 0.303 e. The lowest BCUT2D eigenvalue weighted by Crippen LogP contribution is -2.65. The van der Waals surface area contributed by atoms with Crippen molar-refractivity contribution in [2.24, 2.45) is 0 Å². The van der Waals surface area contributed by atoms with Crippen LogP contribution in [0.15, 0.2) is 0 Å². The summed E-state index contributed by atoms with van der Waals surface area (Å²) < 4.78 is 66.9. The molecule has 0 aliphatic carbocycles. The van der Waals surface area contributed by atoms with Gasteiger partial charge in [0.15, 0.2) is 37.7 Å². The first-order valence-electron chi connectivity index (χ1n) is 36.3. The van der Waals surface area contributed by atoms with E-state index < -0.39 is 259 Å². The van der Waals surface area contributed by atoms with E-state index in [0.29, 0.717) is 57.8 Å². The molecule has 6 saturated heterocycles. The van der Waals surface area contributed by atoms with Gasteiger partial charge in [-0.3, -0.25) is 33.7 Å². The van der Waals surface area contributed by atoms with Crippen molar-refractivity contribution in [2.75, 3.05) is 105 Å². The molecular weight excluding hydrogens is 1480 g/mol. The highest BCUT2D eigenvalue weighted by molar-refractivity contribution is 5.84. The number of carboxylic acids is 1. The highest BCUT2D eigenvalue weighted by atomic mass is 16.8. The zero-order chi connectivity index (χ0) is 80.2. The average Bonchev–Trinajstić information content (AvgIpc) is 0.789. The number of hydrogen-bond acceptors (Lipinski definition) is 39. The first-order valence-corrected chi connectivity index (χ1v) is 36.3. The Labute approximate surface area is 624 Å². The third-order valence-electron chi connectivity index (χ3n) is 18.8. The van der Waals surface area contributed by atoms with Crippen LogP contribution in [0.4, 0.5) is 0 Å². The van der Waals surface area contributed by atoms with Gasteiger partial charge in [0, 0.05) is 52.0 Å². The topological polar surface area (TPSA) is 701 Å². The minimum Gasteiger partial charge on any atom is -0.481 e. The Kier molecular flexibility index (Phi) is 40.6. The van der Waals surface area contributed by atoms with Crippen molar-refractivity contribution < 1.29 is 193 Å². The quantitative estimate of drug-likeness (QED) is 0.0252. The number of carbonyl (C=O) groups excluding carboxylic acids is 5. The number of aliphatic hydroxyl groups is 20. The van der Waals surface area contributed by atoms with Crippen molar-refractivity contribution in [3.05, 3.63) is 0 Å². The smallest absolute Gasteiger partial charge is 0.303 e. The largest absolute Gasteiger partial charge is 0.481 e. The Morgan fingerprint density at radius 3 is 0.872 bits per heavy atom. The summed E-state index contributed by atoms with van der Waals surface area (Å²) in [5.74, 6) is -3.37. The van der Waals surface area contributed by atoms with Crippen molar-refractivity contribution in [3.8, 4) is 0 Å². The van der Waals surface area contributed by atoms with E-state index in [9.17, 15) is 131 Å². The molecule has 45 nitrogen and oxygen atoms in total. The Bertz CT molecular complexity index is 2540. The number of aliphatic hydroxyl groups excluding tert-OH is 20. The fraction of sp³-hybridized carbons (Fsp3) is 0.906. The molecule has 0 bridgehead atoms. The highest BCUT2D eigenvalue weighted by Gasteiger charge is 2.55. The molecule has 30 unspecified atom stereocenters. The summed E-state index contributed by atoms with van der Waals surface area (Å²) in [5.41, 5.74) is 0. The number of rotatable bonds is 46. The van der Waals surface area contributed by atoms with E-state index in [-0.39, 0.29) is 84.8 Å². The number of ether oxygens (including phenoxy) is 12. The van der Waals surface area contributed by atoms with Gasteiger partial charge in [0.2, 0.25) is 29.5 Å². The van der Waals surface area contributed by atoms with Crippen molar-refractivity contribution in [1.82, 2.24) is 31.5 Å². The second-order valence-corrected chi connectivity index (χ2v) is 27.2. The first-order chi connectivity index (χ1) is 51.9. The molecule has 0 aromatic carbocycles. The van der Waals surface area contributed by atoms with Crippen molar-refractivity contribution in [2.45, 2.75) is 261 Å². The Balaban J connectivity index is 0.896. The normalized spacial score (nSPS) is 37.1. The van der Waals surface area contributed by atoms with Crippen LogP contribution >= 0.6 is 0 Å². The molecule has 5 amide bonds. The van der Waals surface area contributed by atoms with Crippen LogP contribution in [0.25, 0.3) is 0 Å². The molecule has 0 aromatic heterocycles. The molecule has 30 atom stereocenters. The summed E-state index contributed by atoms with van der Waals surface area (Å²) in [7, 11) is 0. The van der Waals surface area contributed by atoms with Gasteiger partial charge in [0.05, 0.1) is 72.5 Å². The molecule has 6 aliphatic rings. The molecule has 0 saturated carbocycles. The third kappa shape index (κ3) is 28.2. The van der Waals surface area contributed by atoms with Gasteiger partial charge < -0.3 is 191 Å². The SMILES string of the molecule is O=C(O)CCCCCNC(=O)CN(CC(=O)NCCCCCC(=O)NCCOC1OC(COC2OC(CO)C(O)C(O)C2O)C(O)C(OC2OC(CO)C(O)C(O)C2O)C1O)CC(=O)NCCCCCC(=O)NCCOC1OC(COC2OC(CO)C(O)C(O)C2O)C(O)C(OC2OC(CO)C(O)C(O)C2O)C1O. The van der Waals surface area contributed by atoms with Gasteiger partial charge in [-0.25, -0.2) is 0 Å². The molecule has 0 spiro atoms. The number of hydrogen-bond donors (Lipinski definition) is 26. The van der Waals surface area contributed by atoms with E-state index in [1.165, 1.54) is 4.90 Å².